The van der Waals surface area contributed by atoms with E-state index in [0.29, 0.717) is 12.8 Å². The number of ether oxygens (including phenoxy) is 2. The number of benzene rings is 1. The molecule has 0 saturated carbocycles. The molecule has 2 aliphatic rings. The molecule has 1 N–H and O–H groups in total. The van der Waals surface area contributed by atoms with Crippen molar-refractivity contribution in [3.8, 4) is 11.5 Å². The molecule has 13 heavy (non-hydrogen) atoms. The van der Waals surface area contributed by atoms with Crippen molar-refractivity contribution in [2.75, 3.05) is 13.3 Å². The van der Waals surface area contributed by atoms with E-state index in [9.17, 15) is 0 Å². The van der Waals surface area contributed by atoms with Crippen LogP contribution in [0.15, 0.2) is 12.1 Å². The highest BCUT2D eigenvalue weighted by atomic mass is 16.7. The number of aryl methyl sites for hydroxylation is 1. The van der Waals surface area contributed by atoms with Gasteiger partial charge in [-0.3, -0.25) is 0 Å². The number of rotatable bonds is 1. The Morgan fingerprint density at radius 2 is 2.00 bits per heavy atom. The molecule has 1 aromatic rings. The second-order valence-electron chi connectivity index (χ2n) is 3.52. The minimum atomic E-state index is 0.357. The van der Waals surface area contributed by atoms with Crippen LogP contribution in [0.1, 0.15) is 17.2 Å². The Hall–Kier alpha value is -1.22. The first kappa shape index (κ1) is 7.21. The van der Waals surface area contributed by atoms with Crippen LogP contribution in [0.2, 0.25) is 0 Å². The molecule has 2 heterocycles. The second kappa shape index (κ2) is 2.39. The molecule has 0 spiro atoms. The van der Waals surface area contributed by atoms with Crippen LogP contribution in [0.25, 0.3) is 0 Å². The highest BCUT2D eigenvalue weighted by Gasteiger charge is 2.26. The summed E-state index contributed by atoms with van der Waals surface area (Å²) < 4.78 is 10.6. The number of hydrogen-bond donors (Lipinski definition) is 1. The van der Waals surface area contributed by atoms with Gasteiger partial charge < -0.3 is 14.8 Å². The highest BCUT2D eigenvalue weighted by molar-refractivity contribution is 5.50. The monoisotopic (exact) mass is 177 g/mol. The predicted molar refractivity (Wildman–Crippen MR) is 48.0 cm³/mol. The van der Waals surface area contributed by atoms with E-state index in [-0.39, 0.29) is 0 Å². The normalized spacial score (nSPS) is 23.3. The van der Waals surface area contributed by atoms with Gasteiger partial charge in [0.25, 0.3) is 0 Å². The van der Waals surface area contributed by atoms with Crippen molar-refractivity contribution in [1.29, 1.82) is 0 Å². The lowest BCUT2D eigenvalue weighted by Gasteiger charge is -2.04. The first-order valence-corrected chi connectivity index (χ1v) is 4.48. The van der Waals surface area contributed by atoms with Crippen molar-refractivity contribution in [3.63, 3.8) is 0 Å². The average Bonchev–Trinajstić information content (AvgIpc) is 2.85. The van der Waals surface area contributed by atoms with Gasteiger partial charge in [0.2, 0.25) is 6.79 Å². The van der Waals surface area contributed by atoms with Gasteiger partial charge in [-0.25, -0.2) is 0 Å². The zero-order valence-electron chi connectivity index (χ0n) is 7.46. The van der Waals surface area contributed by atoms with Gasteiger partial charge in [-0.05, 0) is 30.2 Å². The minimum Gasteiger partial charge on any atom is -0.454 e. The summed E-state index contributed by atoms with van der Waals surface area (Å²) in [6, 6.07) is 4.68. The first-order chi connectivity index (χ1) is 6.34. The van der Waals surface area contributed by atoms with Crippen molar-refractivity contribution in [1.82, 2.24) is 5.32 Å². The van der Waals surface area contributed by atoms with Gasteiger partial charge in [-0.2, -0.15) is 0 Å². The third kappa shape index (κ3) is 1.08. The van der Waals surface area contributed by atoms with Gasteiger partial charge in [0.05, 0.1) is 0 Å². The largest absolute Gasteiger partial charge is 0.454 e. The fourth-order valence-corrected chi connectivity index (χ4v) is 1.71. The van der Waals surface area contributed by atoms with Gasteiger partial charge in [0.15, 0.2) is 11.5 Å². The molecule has 68 valence electrons. The van der Waals surface area contributed by atoms with Crippen LogP contribution >= 0.6 is 0 Å². The molecule has 0 radical (unpaired) electrons. The van der Waals surface area contributed by atoms with E-state index < -0.39 is 0 Å². The zero-order valence-corrected chi connectivity index (χ0v) is 7.46. The Bertz CT molecular complexity index is 358. The number of hydrogen-bond acceptors (Lipinski definition) is 3. The molecule has 3 rings (SSSR count). The summed E-state index contributed by atoms with van der Waals surface area (Å²) in [5, 5.41) is 3.29. The molecule has 1 fully saturated rings. The van der Waals surface area contributed by atoms with E-state index in [2.05, 4.69) is 24.4 Å². The lowest BCUT2D eigenvalue weighted by Crippen LogP contribution is -1.92. The predicted octanol–water partition coefficient (Wildman–Crippen LogP) is 1.37. The van der Waals surface area contributed by atoms with E-state index in [1.807, 2.05) is 0 Å². The fraction of sp³-hybridized carbons (Fsp3) is 0.400. The van der Waals surface area contributed by atoms with Crippen molar-refractivity contribution >= 4 is 0 Å². The van der Waals surface area contributed by atoms with Gasteiger partial charge in [0.1, 0.15) is 0 Å². The van der Waals surface area contributed by atoms with Crippen LogP contribution in [0.3, 0.4) is 0 Å². The number of nitrogens with one attached hydrogen (secondary N) is 1. The van der Waals surface area contributed by atoms with E-state index in [1.165, 1.54) is 11.1 Å². The van der Waals surface area contributed by atoms with Crippen LogP contribution in [0.5, 0.6) is 11.5 Å². The van der Waals surface area contributed by atoms with Crippen molar-refractivity contribution < 1.29 is 9.47 Å². The molecule has 3 heteroatoms. The van der Waals surface area contributed by atoms with Gasteiger partial charge in [0, 0.05) is 12.6 Å². The molecule has 0 amide bonds. The van der Waals surface area contributed by atoms with Crippen LogP contribution in [-0.2, 0) is 0 Å². The summed E-state index contributed by atoms with van der Waals surface area (Å²) in [5.74, 6) is 1.76. The molecule has 0 aliphatic carbocycles. The Kier molecular flexibility index (Phi) is 1.32. The van der Waals surface area contributed by atoms with Gasteiger partial charge in [-0.1, -0.05) is 0 Å². The Balaban J connectivity index is 2.10. The van der Waals surface area contributed by atoms with Crippen LogP contribution in [0, 0.1) is 6.92 Å². The maximum absolute atomic E-state index is 5.32. The molecule has 1 saturated heterocycles. The van der Waals surface area contributed by atoms with Crippen molar-refractivity contribution in [2.45, 2.75) is 13.0 Å². The molecule has 1 aromatic carbocycles. The molecule has 2 aliphatic heterocycles. The number of fused-ring (bicyclic) bond motifs is 1. The summed E-state index contributed by atoms with van der Waals surface area (Å²) in [4.78, 5) is 0. The van der Waals surface area contributed by atoms with E-state index in [4.69, 9.17) is 9.47 Å². The molecule has 1 atom stereocenters. The van der Waals surface area contributed by atoms with Crippen LogP contribution in [-0.4, -0.2) is 13.3 Å². The topological polar surface area (TPSA) is 40.4 Å². The molecule has 0 unspecified atom stereocenters. The van der Waals surface area contributed by atoms with Gasteiger partial charge in [-0.15, -0.1) is 0 Å². The molecule has 0 aromatic heterocycles. The Morgan fingerprint density at radius 1 is 1.31 bits per heavy atom. The maximum atomic E-state index is 5.32. The van der Waals surface area contributed by atoms with Crippen LogP contribution < -0.4 is 14.8 Å². The highest BCUT2D eigenvalue weighted by Crippen LogP contribution is 2.38. The average molecular weight is 177 g/mol. The first-order valence-electron chi connectivity index (χ1n) is 4.48. The third-order valence-electron chi connectivity index (χ3n) is 2.54. The SMILES string of the molecule is Cc1cc2c(cc1[C@H]1CN1)OCO2. The van der Waals surface area contributed by atoms with Gasteiger partial charge >= 0.3 is 0 Å². The summed E-state index contributed by atoms with van der Waals surface area (Å²) in [7, 11) is 0. The summed E-state index contributed by atoms with van der Waals surface area (Å²) >= 11 is 0. The Morgan fingerprint density at radius 3 is 2.69 bits per heavy atom. The fourth-order valence-electron chi connectivity index (χ4n) is 1.71. The second-order valence-corrected chi connectivity index (χ2v) is 3.52. The standard InChI is InChI=1S/C10H11NO2/c1-6-2-9-10(13-5-12-9)3-7(6)8-4-11-8/h2-3,8,11H,4-5H2,1H3/t8-/m1/s1. The third-order valence-corrected chi connectivity index (χ3v) is 2.54. The van der Waals surface area contributed by atoms with E-state index >= 15 is 0 Å². The lowest BCUT2D eigenvalue weighted by atomic mass is 10.1. The lowest BCUT2D eigenvalue weighted by molar-refractivity contribution is 0.174. The summed E-state index contributed by atoms with van der Waals surface area (Å²) in [5.41, 5.74) is 2.61. The zero-order chi connectivity index (χ0) is 8.84. The van der Waals surface area contributed by atoms with Crippen LogP contribution in [0.4, 0.5) is 0 Å². The van der Waals surface area contributed by atoms with Crippen molar-refractivity contribution in [3.05, 3.63) is 23.3 Å². The molecule has 3 nitrogen and oxygen atoms in total. The van der Waals surface area contributed by atoms with E-state index in [1.54, 1.807) is 0 Å². The molecular formula is C10H11NO2. The van der Waals surface area contributed by atoms with Crippen molar-refractivity contribution in [2.24, 2.45) is 0 Å². The minimum absolute atomic E-state index is 0.357. The quantitative estimate of drug-likeness (QED) is 0.658. The molecule has 0 bridgehead atoms. The molecular weight excluding hydrogens is 166 g/mol. The summed E-state index contributed by atoms with van der Waals surface area (Å²) in [6.45, 7) is 3.55. The summed E-state index contributed by atoms with van der Waals surface area (Å²) in [6.07, 6.45) is 0. The Labute approximate surface area is 76.7 Å². The van der Waals surface area contributed by atoms with E-state index in [0.717, 1.165) is 18.0 Å². The smallest absolute Gasteiger partial charge is 0.231 e. The maximum Gasteiger partial charge on any atom is 0.231 e.